The molecule has 114 valence electrons. The van der Waals surface area contributed by atoms with E-state index in [4.69, 9.17) is 11.6 Å². The zero-order valence-electron chi connectivity index (χ0n) is 12.0. The fraction of sp³-hybridized carbons (Fsp3) is 0.235. The van der Waals surface area contributed by atoms with Crippen molar-refractivity contribution in [3.63, 3.8) is 0 Å². The number of rotatable bonds is 1. The molecule has 2 aromatic rings. The number of fused-ring (bicyclic) bond motifs is 1. The van der Waals surface area contributed by atoms with E-state index in [2.05, 4.69) is 0 Å². The largest absolute Gasteiger partial charge is 0.388 e. The number of carbonyl (C=O) groups is 1. The van der Waals surface area contributed by atoms with Crippen molar-refractivity contribution in [3.8, 4) is 0 Å². The molecule has 5 heteroatoms. The molecule has 0 spiro atoms. The molecule has 0 aliphatic carbocycles. The third kappa shape index (κ3) is 2.49. The van der Waals surface area contributed by atoms with Crippen LogP contribution < -0.4 is 4.90 Å². The molecule has 1 unspecified atom stereocenters. The monoisotopic (exact) mass is 319 g/mol. The molecule has 1 heterocycles. The van der Waals surface area contributed by atoms with Crippen molar-refractivity contribution >= 4 is 23.2 Å². The third-order valence-corrected chi connectivity index (χ3v) is 4.20. The lowest BCUT2D eigenvalue weighted by atomic mass is 9.96. The topological polar surface area (TPSA) is 40.5 Å². The van der Waals surface area contributed by atoms with Gasteiger partial charge in [-0.25, -0.2) is 4.39 Å². The normalized spacial score (nSPS) is 17.3. The summed E-state index contributed by atoms with van der Waals surface area (Å²) in [6.07, 6.45) is -0.205. The van der Waals surface area contributed by atoms with Crippen LogP contribution >= 0.6 is 11.6 Å². The number of amides is 1. The maximum Gasteiger partial charge on any atom is 0.262 e. The number of hydrogen-bond donors (Lipinski definition) is 1. The highest BCUT2D eigenvalue weighted by molar-refractivity contribution is 6.34. The Morgan fingerprint density at radius 3 is 2.86 bits per heavy atom. The summed E-state index contributed by atoms with van der Waals surface area (Å²) in [4.78, 5) is 14.2. The van der Waals surface area contributed by atoms with Crippen molar-refractivity contribution in [2.45, 2.75) is 19.4 Å². The van der Waals surface area contributed by atoms with Crippen LogP contribution in [-0.2, 0) is 0 Å². The average Bonchev–Trinajstić information content (AvgIpc) is 2.48. The molecule has 3 nitrogen and oxygen atoms in total. The van der Waals surface area contributed by atoms with Gasteiger partial charge in [-0.05, 0) is 31.5 Å². The van der Waals surface area contributed by atoms with E-state index in [-0.39, 0.29) is 10.6 Å². The van der Waals surface area contributed by atoms with Crippen molar-refractivity contribution in [2.24, 2.45) is 0 Å². The molecule has 0 bridgehead atoms. The molecule has 1 amide bonds. The van der Waals surface area contributed by atoms with Gasteiger partial charge < -0.3 is 10.0 Å². The molecule has 1 aliphatic heterocycles. The first-order chi connectivity index (χ1) is 10.5. The second-order valence-electron chi connectivity index (χ2n) is 5.42. The Labute approximate surface area is 132 Å². The predicted molar refractivity (Wildman–Crippen MR) is 83.8 cm³/mol. The van der Waals surface area contributed by atoms with E-state index in [0.717, 1.165) is 5.56 Å². The molecule has 1 aliphatic rings. The Bertz CT molecular complexity index is 727. The van der Waals surface area contributed by atoms with Crippen LogP contribution in [0.15, 0.2) is 36.4 Å². The van der Waals surface area contributed by atoms with Crippen molar-refractivity contribution in [3.05, 3.63) is 63.9 Å². The van der Waals surface area contributed by atoms with E-state index in [0.29, 0.717) is 24.2 Å². The van der Waals surface area contributed by atoms with Gasteiger partial charge in [0.25, 0.3) is 5.91 Å². The van der Waals surface area contributed by atoms with Gasteiger partial charge in [-0.3, -0.25) is 4.79 Å². The summed E-state index contributed by atoms with van der Waals surface area (Å²) < 4.78 is 14.0. The van der Waals surface area contributed by atoms with Gasteiger partial charge in [-0.1, -0.05) is 35.4 Å². The minimum atomic E-state index is -0.641. The van der Waals surface area contributed by atoms with Gasteiger partial charge in [-0.15, -0.1) is 0 Å². The number of nitrogens with zero attached hydrogens (tertiary/aromatic N) is 1. The number of aliphatic hydroxyl groups is 1. The summed E-state index contributed by atoms with van der Waals surface area (Å²) in [6.45, 7) is 2.24. The molecule has 1 atom stereocenters. The smallest absolute Gasteiger partial charge is 0.262 e. The van der Waals surface area contributed by atoms with Crippen LogP contribution in [0.1, 0.15) is 34.0 Å². The second-order valence-corrected chi connectivity index (χ2v) is 5.83. The van der Waals surface area contributed by atoms with E-state index in [1.165, 1.54) is 23.1 Å². The average molecular weight is 320 g/mol. The quantitative estimate of drug-likeness (QED) is 0.866. The molecular weight excluding hydrogens is 305 g/mol. The first-order valence-electron chi connectivity index (χ1n) is 7.03. The Balaban J connectivity index is 2.07. The van der Waals surface area contributed by atoms with Gasteiger partial charge in [0.2, 0.25) is 0 Å². The lowest BCUT2D eigenvalue weighted by molar-refractivity contribution is 0.0967. The summed E-state index contributed by atoms with van der Waals surface area (Å²) in [7, 11) is 0. The fourth-order valence-corrected chi connectivity index (χ4v) is 3.01. The van der Waals surface area contributed by atoms with Crippen LogP contribution in [-0.4, -0.2) is 17.6 Å². The maximum atomic E-state index is 14.0. The Morgan fingerprint density at radius 1 is 1.36 bits per heavy atom. The highest BCUT2D eigenvalue weighted by atomic mass is 35.5. The van der Waals surface area contributed by atoms with Gasteiger partial charge in [-0.2, -0.15) is 0 Å². The number of hydrogen-bond acceptors (Lipinski definition) is 2. The van der Waals surface area contributed by atoms with Crippen molar-refractivity contribution in [1.82, 2.24) is 0 Å². The molecule has 0 aromatic heterocycles. The minimum Gasteiger partial charge on any atom is -0.388 e. The number of carbonyl (C=O) groups excluding carboxylic acids is 1. The molecule has 2 aromatic carbocycles. The summed E-state index contributed by atoms with van der Waals surface area (Å²) in [5.74, 6) is -1.13. The minimum absolute atomic E-state index is 0.0878. The van der Waals surface area contributed by atoms with E-state index < -0.39 is 17.8 Å². The highest BCUT2D eigenvalue weighted by Gasteiger charge is 2.30. The van der Waals surface area contributed by atoms with Gasteiger partial charge in [0.05, 0.1) is 16.7 Å². The lowest BCUT2D eigenvalue weighted by Crippen LogP contribution is -2.37. The van der Waals surface area contributed by atoms with E-state index in [9.17, 15) is 14.3 Å². The van der Waals surface area contributed by atoms with Gasteiger partial charge >= 0.3 is 0 Å². The zero-order chi connectivity index (χ0) is 15.9. The lowest BCUT2D eigenvalue weighted by Gasteiger charge is -2.32. The number of halogens is 2. The van der Waals surface area contributed by atoms with Crippen LogP contribution in [0.2, 0.25) is 5.02 Å². The Kier molecular flexibility index (Phi) is 3.89. The van der Waals surface area contributed by atoms with Gasteiger partial charge in [0.15, 0.2) is 0 Å². The van der Waals surface area contributed by atoms with Gasteiger partial charge in [0, 0.05) is 17.8 Å². The van der Waals surface area contributed by atoms with Crippen LogP contribution in [0.25, 0.3) is 0 Å². The summed E-state index contributed by atoms with van der Waals surface area (Å²) in [5.41, 5.74) is 2.16. The molecule has 0 fully saturated rings. The maximum absolute atomic E-state index is 14.0. The second kappa shape index (κ2) is 5.71. The van der Waals surface area contributed by atoms with Gasteiger partial charge in [0.1, 0.15) is 5.82 Å². The third-order valence-electron chi connectivity index (χ3n) is 3.88. The SMILES string of the molecule is Cc1ccc2c(c1)C(O)CCN2C(=O)c1c(F)cccc1Cl. The zero-order valence-corrected chi connectivity index (χ0v) is 12.8. The number of aliphatic hydroxyl groups excluding tert-OH is 1. The molecular formula is C17H15ClFNO2. The molecule has 22 heavy (non-hydrogen) atoms. The Hall–Kier alpha value is -1.91. The van der Waals surface area contributed by atoms with Crippen molar-refractivity contribution in [1.29, 1.82) is 0 Å². The molecule has 0 saturated heterocycles. The van der Waals surface area contributed by atoms with Crippen LogP contribution in [0, 0.1) is 12.7 Å². The number of benzene rings is 2. The predicted octanol–water partition coefficient (Wildman–Crippen LogP) is 3.87. The molecule has 3 rings (SSSR count). The van der Waals surface area contributed by atoms with E-state index in [1.807, 2.05) is 19.1 Å². The van der Waals surface area contributed by atoms with Crippen LogP contribution in [0.5, 0.6) is 0 Å². The van der Waals surface area contributed by atoms with Crippen molar-refractivity contribution in [2.75, 3.05) is 11.4 Å². The molecule has 0 radical (unpaired) electrons. The number of aryl methyl sites for hydroxylation is 1. The van der Waals surface area contributed by atoms with Crippen LogP contribution in [0.4, 0.5) is 10.1 Å². The summed E-state index contributed by atoms with van der Waals surface area (Å²) in [5, 5.41) is 10.2. The standard InChI is InChI=1S/C17H15ClFNO2/c1-10-5-6-14-11(9-10)15(21)7-8-20(14)17(22)16-12(18)3-2-4-13(16)19/h2-6,9,15,21H,7-8H2,1H3. The fourth-order valence-electron chi connectivity index (χ4n) is 2.76. The summed E-state index contributed by atoms with van der Waals surface area (Å²) >= 11 is 5.99. The molecule has 1 N–H and O–H groups in total. The van der Waals surface area contributed by atoms with Crippen LogP contribution in [0.3, 0.4) is 0 Å². The Morgan fingerprint density at radius 2 is 2.14 bits per heavy atom. The summed E-state index contributed by atoms with van der Waals surface area (Å²) in [6, 6.07) is 9.66. The van der Waals surface area contributed by atoms with E-state index in [1.54, 1.807) is 6.07 Å². The first kappa shape index (κ1) is 15.0. The molecule has 0 saturated carbocycles. The first-order valence-corrected chi connectivity index (χ1v) is 7.41. The van der Waals surface area contributed by atoms with Crippen molar-refractivity contribution < 1.29 is 14.3 Å². The highest BCUT2D eigenvalue weighted by Crippen LogP contribution is 2.36. The van der Waals surface area contributed by atoms with E-state index >= 15 is 0 Å². The number of anilines is 1.